The smallest absolute Gasteiger partial charge is 0.120 e. The minimum absolute atomic E-state index is 0.235. The number of aryl methyl sites for hydroxylation is 1. The van der Waals surface area contributed by atoms with E-state index in [1.54, 1.807) is 19.2 Å². The lowest BCUT2D eigenvalue weighted by Crippen LogP contribution is -1.95. The second-order valence-electron chi connectivity index (χ2n) is 2.80. The molecule has 0 radical (unpaired) electrons. The number of rotatable bonds is 4. The summed E-state index contributed by atoms with van der Waals surface area (Å²) < 4.78 is 0. The Labute approximate surface area is 77.4 Å². The molecule has 0 saturated carbocycles. The van der Waals surface area contributed by atoms with E-state index in [2.05, 4.69) is 5.32 Å². The lowest BCUT2D eigenvalue weighted by molar-refractivity contribution is -0.107. The molecule has 1 rings (SSSR count). The summed E-state index contributed by atoms with van der Waals surface area (Å²) in [6.07, 6.45) is 2.12. The minimum Gasteiger partial charge on any atom is -0.508 e. The van der Waals surface area contributed by atoms with Gasteiger partial charge in [0.25, 0.3) is 0 Å². The highest BCUT2D eigenvalue weighted by molar-refractivity contribution is 5.57. The number of phenolic OH excluding ortho intramolecular Hbond substituents is 1. The molecule has 3 nitrogen and oxygen atoms in total. The Morgan fingerprint density at radius 2 is 2.31 bits per heavy atom. The number of hydrogen-bond acceptors (Lipinski definition) is 3. The number of hydrogen-bond donors (Lipinski definition) is 2. The second kappa shape index (κ2) is 4.50. The first-order valence-corrected chi connectivity index (χ1v) is 4.21. The molecule has 1 aromatic carbocycles. The fraction of sp³-hybridized carbons (Fsp3) is 0.300. The summed E-state index contributed by atoms with van der Waals surface area (Å²) in [5.74, 6) is 0.235. The number of nitrogens with one attached hydrogen (secondary N) is 1. The van der Waals surface area contributed by atoms with Crippen LogP contribution >= 0.6 is 0 Å². The van der Waals surface area contributed by atoms with Crippen molar-refractivity contribution in [1.82, 2.24) is 0 Å². The van der Waals surface area contributed by atoms with Crippen LogP contribution in [0.4, 0.5) is 5.69 Å². The molecular weight excluding hydrogens is 166 g/mol. The summed E-state index contributed by atoms with van der Waals surface area (Å²) in [7, 11) is 1.79. The van der Waals surface area contributed by atoms with Crippen LogP contribution in [0.5, 0.6) is 5.75 Å². The van der Waals surface area contributed by atoms with Crippen LogP contribution in [0.25, 0.3) is 0 Å². The highest BCUT2D eigenvalue weighted by atomic mass is 16.3. The van der Waals surface area contributed by atoms with Gasteiger partial charge in [0.05, 0.1) is 0 Å². The van der Waals surface area contributed by atoms with Gasteiger partial charge in [-0.3, -0.25) is 0 Å². The Balaban J connectivity index is 2.85. The van der Waals surface area contributed by atoms with Crippen LogP contribution in [0.15, 0.2) is 18.2 Å². The Morgan fingerprint density at radius 1 is 1.54 bits per heavy atom. The van der Waals surface area contributed by atoms with E-state index in [-0.39, 0.29) is 5.75 Å². The first kappa shape index (κ1) is 9.58. The third kappa shape index (κ3) is 2.47. The number of phenols is 1. The first-order chi connectivity index (χ1) is 6.27. The van der Waals surface area contributed by atoms with Gasteiger partial charge in [0.1, 0.15) is 12.0 Å². The van der Waals surface area contributed by atoms with E-state index in [4.69, 9.17) is 0 Å². The van der Waals surface area contributed by atoms with E-state index in [0.717, 1.165) is 17.5 Å². The van der Waals surface area contributed by atoms with Crippen LogP contribution in [0.2, 0.25) is 0 Å². The predicted octanol–water partition coefficient (Wildman–Crippen LogP) is 1.57. The van der Waals surface area contributed by atoms with Crippen LogP contribution in [-0.4, -0.2) is 18.4 Å². The molecule has 0 unspecified atom stereocenters. The van der Waals surface area contributed by atoms with Crippen LogP contribution < -0.4 is 5.32 Å². The monoisotopic (exact) mass is 179 g/mol. The number of aromatic hydroxyl groups is 1. The molecule has 0 heterocycles. The molecule has 0 atom stereocenters. The fourth-order valence-electron chi connectivity index (χ4n) is 1.23. The third-order valence-corrected chi connectivity index (χ3v) is 1.89. The lowest BCUT2D eigenvalue weighted by Gasteiger charge is -2.07. The highest BCUT2D eigenvalue weighted by Crippen LogP contribution is 2.21. The zero-order valence-electron chi connectivity index (χ0n) is 7.58. The molecule has 0 aliphatic heterocycles. The molecule has 2 N–H and O–H groups in total. The number of aldehydes is 1. The molecule has 3 heteroatoms. The van der Waals surface area contributed by atoms with E-state index >= 15 is 0 Å². The largest absolute Gasteiger partial charge is 0.508 e. The van der Waals surface area contributed by atoms with E-state index in [1.807, 2.05) is 6.07 Å². The first-order valence-electron chi connectivity index (χ1n) is 4.21. The molecule has 0 aliphatic carbocycles. The summed E-state index contributed by atoms with van der Waals surface area (Å²) >= 11 is 0. The van der Waals surface area contributed by atoms with Gasteiger partial charge in [-0.05, 0) is 18.1 Å². The maximum Gasteiger partial charge on any atom is 0.120 e. The summed E-state index contributed by atoms with van der Waals surface area (Å²) in [6.45, 7) is 0. The number of carbonyl (C=O) groups is 1. The topological polar surface area (TPSA) is 49.3 Å². The molecular formula is C10H13NO2. The Kier molecular flexibility index (Phi) is 3.31. The minimum atomic E-state index is 0.235. The Hall–Kier alpha value is -1.51. The lowest BCUT2D eigenvalue weighted by atomic mass is 10.1. The van der Waals surface area contributed by atoms with Gasteiger partial charge >= 0.3 is 0 Å². The van der Waals surface area contributed by atoms with Crippen molar-refractivity contribution in [2.45, 2.75) is 12.8 Å². The van der Waals surface area contributed by atoms with Crippen molar-refractivity contribution in [2.75, 3.05) is 12.4 Å². The van der Waals surface area contributed by atoms with E-state index in [0.29, 0.717) is 12.8 Å². The molecule has 0 saturated heterocycles. The molecule has 13 heavy (non-hydrogen) atoms. The zero-order valence-corrected chi connectivity index (χ0v) is 7.58. The van der Waals surface area contributed by atoms with Crippen molar-refractivity contribution in [1.29, 1.82) is 0 Å². The molecule has 0 bridgehead atoms. The molecule has 0 amide bonds. The van der Waals surface area contributed by atoms with Gasteiger partial charge in [-0.15, -0.1) is 0 Å². The third-order valence-electron chi connectivity index (χ3n) is 1.89. The molecule has 0 aromatic heterocycles. The summed E-state index contributed by atoms with van der Waals surface area (Å²) in [6, 6.07) is 5.10. The molecule has 0 aliphatic rings. The van der Waals surface area contributed by atoms with E-state index in [9.17, 15) is 9.90 Å². The average Bonchev–Trinajstić information content (AvgIpc) is 2.16. The van der Waals surface area contributed by atoms with Crippen molar-refractivity contribution in [2.24, 2.45) is 0 Å². The number of carbonyl (C=O) groups excluding carboxylic acids is 1. The zero-order chi connectivity index (χ0) is 9.68. The van der Waals surface area contributed by atoms with E-state index in [1.165, 1.54) is 0 Å². The normalized spacial score (nSPS) is 9.62. The maximum atomic E-state index is 10.2. The van der Waals surface area contributed by atoms with Crippen molar-refractivity contribution in [3.63, 3.8) is 0 Å². The Bertz CT molecular complexity index is 297. The summed E-state index contributed by atoms with van der Waals surface area (Å²) in [4.78, 5) is 10.2. The van der Waals surface area contributed by atoms with Gasteiger partial charge in [0, 0.05) is 25.2 Å². The average molecular weight is 179 g/mol. The number of anilines is 1. The maximum absolute atomic E-state index is 10.2. The summed E-state index contributed by atoms with van der Waals surface area (Å²) in [5.41, 5.74) is 1.93. The van der Waals surface area contributed by atoms with Crippen molar-refractivity contribution in [3.05, 3.63) is 23.8 Å². The summed E-state index contributed by atoms with van der Waals surface area (Å²) in [5, 5.41) is 12.2. The van der Waals surface area contributed by atoms with E-state index < -0.39 is 0 Å². The molecule has 70 valence electrons. The molecule has 1 aromatic rings. The van der Waals surface area contributed by atoms with Gasteiger partial charge in [-0.1, -0.05) is 6.07 Å². The Morgan fingerprint density at radius 3 is 2.92 bits per heavy atom. The number of benzene rings is 1. The van der Waals surface area contributed by atoms with Gasteiger partial charge in [-0.2, -0.15) is 0 Å². The molecule has 0 fully saturated rings. The van der Waals surface area contributed by atoms with Crippen LogP contribution in [-0.2, 0) is 11.2 Å². The van der Waals surface area contributed by atoms with Crippen LogP contribution in [0.3, 0.4) is 0 Å². The molecule has 0 spiro atoms. The standard InChI is InChI=1S/C10H13NO2/c1-11-10-7-9(13)5-4-8(10)3-2-6-12/h4-7,11,13H,2-3H2,1H3. The van der Waals surface area contributed by atoms with Crippen molar-refractivity contribution in [3.8, 4) is 5.75 Å². The SMILES string of the molecule is CNc1cc(O)ccc1CCC=O. The second-order valence-corrected chi connectivity index (χ2v) is 2.80. The fourth-order valence-corrected chi connectivity index (χ4v) is 1.23. The van der Waals surface area contributed by atoms with Gasteiger partial charge < -0.3 is 15.2 Å². The van der Waals surface area contributed by atoms with Crippen LogP contribution in [0, 0.1) is 0 Å². The van der Waals surface area contributed by atoms with Crippen molar-refractivity contribution < 1.29 is 9.90 Å². The predicted molar refractivity (Wildman–Crippen MR) is 52.0 cm³/mol. The van der Waals surface area contributed by atoms with Gasteiger partial charge in [0.2, 0.25) is 0 Å². The highest BCUT2D eigenvalue weighted by Gasteiger charge is 2.01. The quantitative estimate of drug-likeness (QED) is 0.690. The van der Waals surface area contributed by atoms with Crippen molar-refractivity contribution >= 4 is 12.0 Å². The van der Waals surface area contributed by atoms with Gasteiger partial charge in [-0.25, -0.2) is 0 Å². The van der Waals surface area contributed by atoms with Gasteiger partial charge in [0.15, 0.2) is 0 Å². The van der Waals surface area contributed by atoms with Crippen LogP contribution in [0.1, 0.15) is 12.0 Å².